The SMILES string of the molecule is Cc1ccc(NC(=O)C2CC2C(=O)O)c(C)c1O. The molecule has 2 atom stereocenters. The van der Waals surface area contributed by atoms with Gasteiger partial charge >= 0.3 is 5.97 Å². The number of phenolic OH excluding ortho intramolecular Hbond substituents is 1. The van der Waals surface area contributed by atoms with Gasteiger partial charge in [-0.15, -0.1) is 0 Å². The summed E-state index contributed by atoms with van der Waals surface area (Å²) in [5.74, 6) is -2.10. The third kappa shape index (κ3) is 2.16. The monoisotopic (exact) mass is 249 g/mol. The molecule has 0 saturated heterocycles. The molecule has 1 amide bonds. The van der Waals surface area contributed by atoms with Gasteiger partial charge in [-0.25, -0.2) is 0 Å². The molecule has 0 aromatic heterocycles. The van der Waals surface area contributed by atoms with Gasteiger partial charge in [-0.2, -0.15) is 0 Å². The fourth-order valence-corrected chi connectivity index (χ4v) is 1.95. The highest BCUT2D eigenvalue weighted by atomic mass is 16.4. The quantitative estimate of drug-likeness (QED) is 0.760. The number of phenols is 1. The molecule has 0 heterocycles. The van der Waals surface area contributed by atoms with Gasteiger partial charge < -0.3 is 15.5 Å². The van der Waals surface area contributed by atoms with Crippen LogP contribution < -0.4 is 5.32 Å². The third-order valence-corrected chi connectivity index (χ3v) is 3.34. The van der Waals surface area contributed by atoms with Crippen molar-refractivity contribution in [2.45, 2.75) is 20.3 Å². The molecule has 18 heavy (non-hydrogen) atoms. The Labute approximate surface area is 104 Å². The maximum atomic E-state index is 11.8. The first-order chi connectivity index (χ1) is 8.41. The van der Waals surface area contributed by atoms with Crippen LogP contribution in [0, 0.1) is 25.7 Å². The second kappa shape index (κ2) is 4.33. The van der Waals surface area contributed by atoms with Crippen LogP contribution in [-0.4, -0.2) is 22.1 Å². The first kappa shape index (κ1) is 12.4. The van der Waals surface area contributed by atoms with E-state index in [4.69, 9.17) is 5.11 Å². The van der Waals surface area contributed by atoms with E-state index < -0.39 is 17.8 Å². The Balaban J connectivity index is 2.09. The number of aromatic hydroxyl groups is 1. The second-order valence-corrected chi connectivity index (χ2v) is 4.68. The zero-order chi connectivity index (χ0) is 13.4. The molecule has 3 N–H and O–H groups in total. The fourth-order valence-electron chi connectivity index (χ4n) is 1.95. The van der Waals surface area contributed by atoms with Crippen molar-refractivity contribution in [3.05, 3.63) is 23.3 Å². The lowest BCUT2D eigenvalue weighted by atomic mass is 10.1. The van der Waals surface area contributed by atoms with Gasteiger partial charge in [0.15, 0.2) is 0 Å². The van der Waals surface area contributed by atoms with Gasteiger partial charge in [-0.05, 0) is 31.9 Å². The Morgan fingerprint density at radius 3 is 2.50 bits per heavy atom. The number of aliphatic carboxylic acids is 1. The molecular weight excluding hydrogens is 234 g/mol. The fraction of sp³-hybridized carbons (Fsp3) is 0.385. The molecule has 1 aromatic rings. The van der Waals surface area contributed by atoms with Crippen molar-refractivity contribution in [2.24, 2.45) is 11.8 Å². The topological polar surface area (TPSA) is 86.6 Å². The van der Waals surface area contributed by atoms with E-state index >= 15 is 0 Å². The summed E-state index contributed by atoms with van der Waals surface area (Å²) in [6, 6.07) is 3.42. The summed E-state index contributed by atoms with van der Waals surface area (Å²) in [6.07, 6.45) is 0.387. The summed E-state index contributed by atoms with van der Waals surface area (Å²) in [7, 11) is 0. The van der Waals surface area contributed by atoms with Crippen LogP contribution in [0.2, 0.25) is 0 Å². The van der Waals surface area contributed by atoms with Gasteiger partial charge in [-0.3, -0.25) is 9.59 Å². The van der Waals surface area contributed by atoms with Crippen molar-refractivity contribution in [3.8, 4) is 5.75 Å². The van der Waals surface area contributed by atoms with Crippen LogP contribution in [0.1, 0.15) is 17.5 Å². The van der Waals surface area contributed by atoms with Crippen LogP contribution in [0.25, 0.3) is 0 Å². The van der Waals surface area contributed by atoms with Crippen molar-refractivity contribution < 1.29 is 19.8 Å². The number of hydrogen-bond acceptors (Lipinski definition) is 3. The average molecular weight is 249 g/mol. The number of hydrogen-bond donors (Lipinski definition) is 3. The smallest absolute Gasteiger partial charge is 0.307 e. The lowest BCUT2D eigenvalue weighted by Crippen LogP contribution is -2.17. The van der Waals surface area contributed by atoms with E-state index in [0.29, 0.717) is 17.7 Å². The lowest BCUT2D eigenvalue weighted by Gasteiger charge is -2.11. The number of anilines is 1. The maximum Gasteiger partial charge on any atom is 0.307 e. The Morgan fingerprint density at radius 1 is 1.28 bits per heavy atom. The standard InChI is InChI=1S/C13H15NO4/c1-6-3-4-10(7(2)11(6)15)14-12(16)8-5-9(8)13(17)18/h3-4,8-9,15H,5H2,1-2H3,(H,14,16)(H,17,18). The minimum absolute atomic E-state index is 0.151. The van der Waals surface area contributed by atoms with Crippen LogP contribution in [0.3, 0.4) is 0 Å². The number of benzene rings is 1. The van der Waals surface area contributed by atoms with E-state index in [1.807, 2.05) is 0 Å². The van der Waals surface area contributed by atoms with Crippen LogP contribution >= 0.6 is 0 Å². The lowest BCUT2D eigenvalue weighted by molar-refractivity contribution is -0.139. The molecule has 5 heteroatoms. The molecule has 2 unspecified atom stereocenters. The Morgan fingerprint density at radius 2 is 1.94 bits per heavy atom. The highest BCUT2D eigenvalue weighted by Crippen LogP contribution is 2.40. The summed E-state index contributed by atoms with van der Waals surface area (Å²) < 4.78 is 0. The van der Waals surface area contributed by atoms with Gasteiger partial charge in [0.1, 0.15) is 5.75 Å². The van der Waals surface area contributed by atoms with Crippen molar-refractivity contribution in [3.63, 3.8) is 0 Å². The number of carbonyl (C=O) groups excluding carboxylic acids is 1. The molecule has 1 saturated carbocycles. The van der Waals surface area contributed by atoms with E-state index in [0.717, 1.165) is 5.56 Å². The van der Waals surface area contributed by atoms with E-state index in [9.17, 15) is 14.7 Å². The predicted octanol–water partition coefficient (Wildman–Crippen LogP) is 1.67. The molecule has 0 spiro atoms. The van der Waals surface area contributed by atoms with Crippen molar-refractivity contribution in [1.82, 2.24) is 0 Å². The minimum atomic E-state index is -0.932. The molecule has 1 aromatic carbocycles. The summed E-state index contributed by atoms with van der Waals surface area (Å²) in [5.41, 5.74) is 1.86. The highest BCUT2D eigenvalue weighted by molar-refractivity contribution is 5.98. The molecule has 0 radical (unpaired) electrons. The van der Waals surface area contributed by atoms with Gasteiger partial charge in [0, 0.05) is 11.3 Å². The zero-order valence-corrected chi connectivity index (χ0v) is 10.2. The largest absolute Gasteiger partial charge is 0.507 e. The first-order valence-electron chi connectivity index (χ1n) is 5.74. The number of carbonyl (C=O) groups is 2. The van der Waals surface area contributed by atoms with Crippen LogP contribution in [0.5, 0.6) is 5.75 Å². The van der Waals surface area contributed by atoms with E-state index in [2.05, 4.69) is 5.32 Å². The van der Waals surface area contributed by atoms with Crippen LogP contribution in [-0.2, 0) is 9.59 Å². The Kier molecular flexibility index (Phi) is 2.98. The molecule has 1 fully saturated rings. The molecule has 96 valence electrons. The molecular formula is C13H15NO4. The van der Waals surface area contributed by atoms with Gasteiger partial charge in [0.25, 0.3) is 0 Å². The average Bonchev–Trinajstić information content (AvgIpc) is 3.10. The molecule has 1 aliphatic carbocycles. The highest BCUT2D eigenvalue weighted by Gasteiger charge is 2.48. The van der Waals surface area contributed by atoms with Gasteiger partial charge in [0.2, 0.25) is 5.91 Å². The minimum Gasteiger partial charge on any atom is -0.507 e. The van der Waals surface area contributed by atoms with Gasteiger partial charge in [0.05, 0.1) is 11.8 Å². The summed E-state index contributed by atoms with van der Waals surface area (Å²) in [4.78, 5) is 22.5. The van der Waals surface area contributed by atoms with Crippen molar-refractivity contribution >= 4 is 17.6 Å². The van der Waals surface area contributed by atoms with Gasteiger partial charge in [-0.1, -0.05) is 6.07 Å². The first-order valence-corrected chi connectivity index (χ1v) is 5.74. The summed E-state index contributed by atoms with van der Waals surface area (Å²) >= 11 is 0. The number of carboxylic acids is 1. The van der Waals surface area contributed by atoms with Crippen molar-refractivity contribution in [2.75, 3.05) is 5.32 Å². The number of rotatable bonds is 3. The number of nitrogens with one attached hydrogen (secondary N) is 1. The molecule has 2 rings (SSSR count). The number of carboxylic acid groups (broad SMARTS) is 1. The van der Waals surface area contributed by atoms with E-state index in [-0.39, 0.29) is 11.7 Å². The number of amides is 1. The maximum absolute atomic E-state index is 11.8. The predicted molar refractivity (Wildman–Crippen MR) is 65.4 cm³/mol. The van der Waals surface area contributed by atoms with E-state index in [1.54, 1.807) is 26.0 Å². The number of aryl methyl sites for hydroxylation is 1. The van der Waals surface area contributed by atoms with Crippen LogP contribution in [0.15, 0.2) is 12.1 Å². The van der Waals surface area contributed by atoms with E-state index in [1.165, 1.54) is 0 Å². The third-order valence-electron chi connectivity index (χ3n) is 3.34. The molecule has 0 bridgehead atoms. The van der Waals surface area contributed by atoms with Crippen LogP contribution in [0.4, 0.5) is 5.69 Å². The molecule has 5 nitrogen and oxygen atoms in total. The second-order valence-electron chi connectivity index (χ2n) is 4.68. The Hall–Kier alpha value is -2.04. The van der Waals surface area contributed by atoms with Crippen molar-refractivity contribution in [1.29, 1.82) is 0 Å². The molecule has 0 aliphatic heterocycles. The normalized spacial score (nSPS) is 21.4. The molecule has 1 aliphatic rings. The summed E-state index contributed by atoms with van der Waals surface area (Å²) in [5, 5.41) is 21.2. The zero-order valence-electron chi connectivity index (χ0n) is 10.2. The Bertz CT molecular complexity index is 524. The summed E-state index contributed by atoms with van der Waals surface area (Å²) in [6.45, 7) is 3.48.